The van der Waals surface area contributed by atoms with Crippen molar-refractivity contribution in [1.29, 1.82) is 0 Å². The highest BCUT2D eigenvalue weighted by molar-refractivity contribution is 7.13. The number of hydrogen-bond acceptors (Lipinski definition) is 5. The Bertz CT molecular complexity index is 597. The predicted molar refractivity (Wildman–Crippen MR) is 76.4 cm³/mol. The van der Waals surface area contributed by atoms with Gasteiger partial charge >= 0.3 is 5.97 Å². The lowest BCUT2D eigenvalue weighted by molar-refractivity contribution is -0.138. The van der Waals surface area contributed by atoms with Crippen molar-refractivity contribution < 1.29 is 9.90 Å². The number of anilines is 2. The van der Waals surface area contributed by atoms with Crippen molar-refractivity contribution in [3.63, 3.8) is 0 Å². The lowest BCUT2D eigenvalue weighted by atomic mass is 10.2. The number of carboxylic acid groups (broad SMARTS) is 1. The first-order chi connectivity index (χ1) is 8.95. The van der Waals surface area contributed by atoms with Crippen LogP contribution in [0.2, 0.25) is 10.0 Å². The van der Waals surface area contributed by atoms with Gasteiger partial charge in [0, 0.05) is 21.1 Å². The van der Waals surface area contributed by atoms with Gasteiger partial charge in [0.2, 0.25) is 0 Å². The van der Waals surface area contributed by atoms with Gasteiger partial charge in [-0.05, 0) is 18.2 Å². The van der Waals surface area contributed by atoms with Crippen LogP contribution in [-0.2, 0) is 4.79 Å². The Morgan fingerprint density at radius 3 is 2.58 bits per heavy atom. The van der Waals surface area contributed by atoms with Gasteiger partial charge in [-0.15, -0.1) is 11.3 Å². The summed E-state index contributed by atoms with van der Waals surface area (Å²) < 4.78 is 0. The Morgan fingerprint density at radius 1 is 1.37 bits per heavy atom. The maximum atomic E-state index is 10.7. The van der Waals surface area contributed by atoms with Crippen LogP contribution in [0.25, 0.3) is 0 Å². The number of aromatic nitrogens is 1. The third-order valence-electron chi connectivity index (χ3n) is 2.22. The maximum Gasteiger partial charge on any atom is 0.326 e. The second kappa shape index (κ2) is 5.75. The number of nitrogens with zero attached hydrogens (tertiary/aromatic N) is 1. The largest absolute Gasteiger partial charge is 0.480 e. The predicted octanol–water partition coefficient (Wildman–Crippen LogP) is 3.28. The molecule has 4 N–H and O–H groups in total. The number of rotatable bonds is 4. The number of hydrogen-bond donors (Lipinski definition) is 3. The van der Waals surface area contributed by atoms with Gasteiger partial charge in [-0.1, -0.05) is 23.2 Å². The van der Waals surface area contributed by atoms with E-state index in [0.29, 0.717) is 26.6 Å². The lowest BCUT2D eigenvalue weighted by Gasteiger charge is -2.04. The minimum absolute atomic E-state index is 0.299. The van der Waals surface area contributed by atoms with Crippen molar-refractivity contribution in [3.8, 4) is 0 Å². The molecule has 1 heterocycles. The number of benzene rings is 1. The molecule has 0 spiro atoms. The summed E-state index contributed by atoms with van der Waals surface area (Å²) in [5.74, 6) is -1.12. The Labute approximate surface area is 123 Å². The van der Waals surface area contributed by atoms with Crippen molar-refractivity contribution in [1.82, 2.24) is 4.98 Å². The summed E-state index contributed by atoms with van der Waals surface area (Å²) in [5, 5.41) is 14.9. The number of halogens is 2. The van der Waals surface area contributed by atoms with Gasteiger partial charge in [-0.3, -0.25) is 4.79 Å². The smallest absolute Gasteiger partial charge is 0.326 e. The molecular weight excluding hydrogens is 309 g/mol. The third kappa shape index (κ3) is 3.57. The zero-order valence-corrected chi connectivity index (χ0v) is 11.8. The van der Waals surface area contributed by atoms with Gasteiger partial charge in [0.05, 0.1) is 5.69 Å². The van der Waals surface area contributed by atoms with Crippen molar-refractivity contribution in [2.24, 2.45) is 5.73 Å². The van der Waals surface area contributed by atoms with Gasteiger partial charge in [0.25, 0.3) is 0 Å². The van der Waals surface area contributed by atoms with Gasteiger partial charge in [0.15, 0.2) is 5.13 Å². The standard InChI is InChI=1S/C11H9Cl2N3O2S/c12-5-1-6(13)3-7(2-5)15-11-16-8(4-19-11)9(14)10(17)18/h1-4,9H,14H2,(H,15,16)(H,17,18). The van der Waals surface area contributed by atoms with E-state index >= 15 is 0 Å². The van der Waals surface area contributed by atoms with Crippen LogP contribution in [0.3, 0.4) is 0 Å². The van der Waals surface area contributed by atoms with Crippen molar-refractivity contribution >= 4 is 51.3 Å². The summed E-state index contributed by atoms with van der Waals surface area (Å²) in [6.45, 7) is 0. The molecule has 5 nitrogen and oxygen atoms in total. The van der Waals surface area contributed by atoms with Crippen LogP contribution < -0.4 is 11.1 Å². The van der Waals surface area contributed by atoms with E-state index in [4.69, 9.17) is 34.0 Å². The number of aliphatic carboxylic acids is 1. The topological polar surface area (TPSA) is 88.2 Å². The molecular formula is C11H9Cl2N3O2S. The molecule has 0 aliphatic heterocycles. The molecule has 1 atom stereocenters. The summed E-state index contributed by atoms with van der Waals surface area (Å²) in [4.78, 5) is 14.8. The first-order valence-electron chi connectivity index (χ1n) is 5.12. The SMILES string of the molecule is NC(C(=O)O)c1csc(Nc2cc(Cl)cc(Cl)c2)n1. The van der Waals surface area contributed by atoms with E-state index in [1.165, 1.54) is 11.3 Å². The molecule has 1 unspecified atom stereocenters. The summed E-state index contributed by atoms with van der Waals surface area (Å²) in [6.07, 6.45) is 0. The Kier molecular flexibility index (Phi) is 4.26. The van der Waals surface area contributed by atoms with Crippen LogP contribution in [0.1, 0.15) is 11.7 Å². The number of carbonyl (C=O) groups is 1. The summed E-state index contributed by atoms with van der Waals surface area (Å²) >= 11 is 13.0. The number of nitrogens with two attached hydrogens (primary N) is 1. The molecule has 0 saturated carbocycles. The summed E-state index contributed by atoms with van der Waals surface area (Å²) in [7, 11) is 0. The highest BCUT2D eigenvalue weighted by Gasteiger charge is 2.17. The van der Waals surface area contributed by atoms with Crippen molar-refractivity contribution in [2.75, 3.05) is 5.32 Å². The number of carboxylic acids is 1. The second-order valence-corrected chi connectivity index (χ2v) is 5.41. The average Bonchev–Trinajstić information content (AvgIpc) is 2.74. The molecule has 0 amide bonds. The minimum Gasteiger partial charge on any atom is -0.480 e. The highest BCUT2D eigenvalue weighted by atomic mass is 35.5. The highest BCUT2D eigenvalue weighted by Crippen LogP contribution is 2.27. The second-order valence-electron chi connectivity index (χ2n) is 3.68. The first-order valence-corrected chi connectivity index (χ1v) is 6.76. The van der Waals surface area contributed by atoms with Crippen LogP contribution in [-0.4, -0.2) is 16.1 Å². The van der Waals surface area contributed by atoms with Gasteiger partial charge in [0.1, 0.15) is 6.04 Å². The van der Waals surface area contributed by atoms with Crippen LogP contribution in [0.5, 0.6) is 0 Å². The minimum atomic E-state index is -1.13. The molecule has 0 radical (unpaired) electrons. The lowest BCUT2D eigenvalue weighted by Crippen LogP contribution is -2.20. The molecule has 0 saturated heterocycles. The Hall–Kier alpha value is -1.34. The molecule has 0 fully saturated rings. The molecule has 1 aromatic heterocycles. The van der Waals surface area contributed by atoms with E-state index in [2.05, 4.69) is 10.3 Å². The zero-order valence-electron chi connectivity index (χ0n) is 9.43. The quantitative estimate of drug-likeness (QED) is 0.805. The monoisotopic (exact) mass is 317 g/mol. The van der Waals surface area contributed by atoms with Crippen molar-refractivity contribution in [3.05, 3.63) is 39.3 Å². The Balaban J connectivity index is 2.18. The normalized spacial score (nSPS) is 12.2. The van der Waals surface area contributed by atoms with Gasteiger partial charge < -0.3 is 16.2 Å². The van der Waals surface area contributed by atoms with E-state index in [9.17, 15) is 4.79 Å². The fraction of sp³-hybridized carbons (Fsp3) is 0.0909. The summed E-state index contributed by atoms with van der Waals surface area (Å²) in [5.41, 5.74) is 6.44. The molecule has 0 aliphatic rings. The number of thiazole rings is 1. The van der Waals surface area contributed by atoms with Gasteiger partial charge in [-0.25, -0.2) is 4.98 Å². The fourth-order valence-electron chi connectivity index (χ4n) is 1.36. The zero-order chi connectivity index (χ0) is 14.0. The fourth-order valence-corrected chi connectivity index (χ4v) is 2.66. The van der Waals surface area contributed by atoms with E-state index in [1.807, 2.05) is 0 Å². The molecule has 2 aromatic rings. The molecule has 100 valence electrons. The number of nitrogens with one attached hydrogen (secondary N) is 1. The average molecular weight is 318 g/mol. The van der Waals surface area contributed by atoms with Crippen molar-refractivity contribution in [2.45, 2.75) is 6.04 Å². The molecule has 19 heavy (non-hydrogen) atoms. The molecule has 0 bridgehead atoms. The van der Waals surface area contributed by atoms with E-state index in [0.717, 1.165) is 0 Å². The van der Waals surface area contributed by atoms with Crippen LogP contribution in [0.4, 0.5) is 10.8 Å². The molecule has 8 heteroatoms. The van der Waals surface area contributed by atoms with E-state index in [1.54, 1.807) is 23.6 Å². The molecule has 2 rings (SSSR count). The van der Waals surface area contributed by atoms with Crippen LogP contribution >= 0.6 is 34.5 Å². The van der Waals surface area contributed by atoms with Crippen LogP contribution in [0, 0.1) is 0 Å². The third-order valence-corrected chi connectivity index (χ3v) is 3.43. The Morgan fingerprint density at radius 2 is 2.00 bits per heavy atom. The van der Waals surface area contributed by atoms with E-state index in [-0.39, 0.29) is 0 Å². The van der Waals surface area contributed by atoms with Crippen LogP contribution in [0.15, 0.2) is 23.6 Å². The maximum absolute atomic E-state index is 10.7. The first kappa shape index (κ1) is 14.1. The van der Waals surface area contributed by atoms with Gasteiger partial charge in [-0.2, -0.15) is 0 Å². The summed E-state index contributed by atoms with van der Waals surface area (Å²) in [6, 6.07) is 3.86. The molecule has 0 aliphatic carbocycles. The van der Waals surface area contributed by atoms with E-state index < -0.39 is 12.0 Å². The molecule has 1 aromatic carbocycles.